The molecule has 0 aromatic heterocycles. The van der Waals surface area contributed by atoms with Crippen LogP contribution in [0.3, 0.4) is 0 Å². The first-order valence-corrected chi connectivity index (χ1v) is 13.2. The molecule has 1 N–H and O–H groups in total. The Hall–Kier alpha value is -1.50. The molecule has 0 saturated carbocycles. The van der Waals surface area contributed by atoms with E-state index in [0.29, 0.717) is 28.6 Å². The lowest BCUT2D eigenvalue weighted by Crippen LogP contribution is -2.47. The van der Waals surface area contributed by atoms with Crippen LogP contribution >= 0.6 is 23.2 Å². The van der Waals surface area contributed by atoms with Crippen LogP contribution in [0.2, 0.25) is 10.0 Å². The highest BCUT2D eigenvalue weighted by molar-refractivity contribution is 6.42. The summed E-state index contributed by atoms with van der Waals surface area (Å²) in [7, 11) is 0. The Balaban J connectivity index is 1.18. The van der Waals surface area contributed by atoms with Crippen molar-refractivity contribution in [3.63, 3.8) is 0 Å². The Morgan fingerprint density at radius 1 is 0.824 bits per heavy atom. The molecule has 0 radical (unpaired) electrons. The van der Waals surface area contributed by atoms with Crippen molar-refractivity contribution in [3.8, 4) is 11.5 Å². The molecule has 2 aliphatic heterocycles. The first kappa shape index (κ1) is 25.6. The van der Waals surface area contributed by atoms with E-state index in [2.05, 4.69) is 28.0 Å². The highest BCUT2D eigenvalue weighted by Crippen LogP contribution is 2.29. The zero-order valence-corrected chi connectivity index (χ0v) is 21.4. The predicted octanol–water partition coefficient (Wildman–Crippen LogP) is 5.65. The third kappa shape index (κ3) is 7.76. The van der Waals surface area contributed by atoms with Crippen LogP contribution in [-0.2, 0) is 6.54 Å². The SMILES string of the molecule is OC1(COc2ccc(Cl)c(Cl)c2)CCN(Cc2cccc(OCCCN3CCCCC3)c2)CC1. The lowest BCUT2D eigenvalue weighted by molar-refractivity contribution is -0.0537. The average molecular weight is 508 g/mol. The molecule has 0 spiro atoms. The van der Waals surface area contributed by atoms with Crippen molar-refractivity contribution >= 4 is 23.2 Å². The minimum Gasteiger partial charge on any atom is -0.494 e. The molecule has 34 heavy (non-hydrogen) atoms. The molecule has 2 saturated heterocycles. The number of piperidine rings is 2. The van der Waals surface area contributed by atoms with Crippen LogP contribution in [0, 0.1) is 0 Å². The predicted molar refractivity (Wildman–Crippen MR) is 138 cm³/mol. The van der Waals surface area contributed by atoms with E-state index in [1.165, 1.54) is 37.9 Å². The molecule has 0 amide bonds. The van der Waals surface area contributed by atoms with Gasteiger partial charge in [-0.3, -0.25) is 4.90 Å². The van der Waals surface area contributed by atoms with Crippen LogP contribution in [-0.4, -0.2) is 66.4 Å². The van der Waals surface area contributed by atoms with Crippen molar-refractivity contribution < 1.29 is 14.6 Å². The van der Waals surface area contributed by atoms with Crippen molar-refractivity contribution in [1.82, 2.24) is 9.80 Å². The highest BCUT2D eigenvalue weighted by atomic mass is 35.5. The fourth-order valence-electron chi connectivity index (χ4n) is 4.71. The molecule has 7 heteroatoms. The van der Waals surface area contributed by atoms with Gasteiger partial charge in [0.1, 0.15) is 23.7 Å². The molecular weight excluding hydrogens is 471 g/mol. The Kier molecular flexibility index (Phi) is 9.38. The number of hydrogen-bond acceptors (Lipinski definition) is 5. The number of likely N-dealkylation sites (tertiary alicyclic amines) is 2. The molecule has 2 aromatic carbocycles. The minimum absolute atomic E-state index is 0.250. The second-order valence-electron chi connectivity index (χ2n) is 9.62. The zero-order valence-electron chi connectivity index (χ0n) is 19.9. The van der Waals surface area contributed by atoms with Gasteiger partial charge in [0.25, 0.3) is 0 Å². The van der Waals surface area contributed by atoms with E-state index < -0.39 is 5.60 Å². The monoisotopic (exact) mass is 506 g/mol. The summed E-state index contributed by atoms with van der Waals surface area (Å²) in [6, 6.07) is 13.6. The molecule has 0 unspecified atom stereocenters. The maximum Gasteiger partial charge on any atom is 0.121 e. The highest BCUT2D eigenvalue weighted by Gasteiger charge is 2.33. The number of nitrogens with zero attached hydrogens (tertiary/aromatic N) is 2. The lowest BCUT2D eigenvalue weighted by Gasteiger charge is -2.38. The summed E-state index contributed by atoms with van der Waals surface area (Å²) in [5, 5.41) is 11.9. The van der Waals surface area contributed by atoms with Gasteiger partial charge >= 0.3 is 0 Å². The summed E-state index contributed by atoms with van der Waals surface area (Å²) in [5.41, 5.74) is 0.410. The molecule has 186 valence electrons. The van der Waals surface area contributed by atoms with E-state index in [1.54, 1.807) is 18.2 Å². The van der Waals surface area contributed by atoms with Crippen LogP contribution in [0.25, 0.3) is 0 Å². The van der Waals surface area contributed by atoms with Crippen molar-refractivity contribution in [1.29, 1.82) is 0 Å². The fourth-order valence-corrected chi connectivity index (χ4v) is 5.00. The van der Waals surface area contributed by atoms with Crippen molar-refractivity contribution in [2.24, 2.45) is 0 Å². The maximum absolute atomic E-state index is 11.0. The van der Waals surface area contributed by atoms with E-state index >= 15 is 0 Å². The Morgan fingerprint density at radius 3 is 2.35 bits per heavy atom. The molecule has 2 heterocycles. The normalized spacial score (nSPS) is 19.1. The summed E-state index contributed by atoms with van der Waals surface area (Å²) in [6.45, 7) is 7.11. The Labute approximate surface area is 213 Å². The molecule has 2 aromatic rings. The minimum atomic E-state index is -0.831. The van der Waals surface area contributed by atoms with Crippen LogP contribution in [0.5, 0.6) is 11.5 Å². The lowest BCUT2D eigenvalue weighted by atomic mass is 9.92. The van der Waals surface area contributed by atoms with Gasteiger partial charge < -0.3 is 19.5 Å². The van der Waals surface area contributed by atoms with E-state index in [4.69, 9.17) is 32.7 Å². The van der Waals surface area contributed by atoms with Crippen molar-refractivity contribution in [3.05, 3.63) is 58.1 Å². The maximum atomic E-state index is 11.0. The average Bonchev–Trinajstić information content (AvgIpc) is 2.85. The molecule has 4 rings (SSSR count). The second-order valence-corrected chi connectivity index (χ2v) is 10.4. The molecule has 0 atom stereocenters. The molecule has 0 bridgehead atoms. The number of halogens is 2. The number of hydrogen-bond donors (Lipinski definition) is 1. The van der Waals surface area contributed by atoms with E-state index in [-0.39, 0.29) is 6.61 Å². The number of ether oxygens (including phenoxy) is 2. The third-order valence-corrected chi connectivity index (χ3v) is 7.57. The number of aliphatic hydroxyl groups is 1. The summed E-state index contributed by atoms with van der Waals surface area (Å²) < 4.78 is 11.8. The first-order chi connectivity index (χ1) is 16.5. The van der Waals surface area contributed by atoms with E-state index in [9.17, 15) is 5.11 Å². The largest absolute Gasteiger partial charge is 0.494 e. The summed E-state index contributed by atoms with van der Waals surface area (Å²) in [6.07, 6.45) is 6.45. The van der Waals surface area contributed by atoms with Gasteiger partial charge in [0.05, 0.1) is 16.7 Å². The summed E-state index contributed by atoms with van der Waals surface area (Å²) >= 11 is 12.0. The number of rotatable bonds is 10. The van der Waals surface area contributed by atoms with Crippen LogP contribution < -0.4 is 9.47 Å². The smallest absolute Gasteiger partial charge is 0.121 e. The quantitative estimate of drug-likeness (QED) is 0.421. The van der Waals surface area contributed by atoms with Gasteiger partial charge in [0.2, 0.25) is 0 Å². The molecule has 2 aliphatic rings. The summed E-state index contributed by atoms with van der Waals surface area (Å²) in [5.74, 6) is 1.57. The van der Waals surface area contributed by atoms with Crippen LogP contribution in [0.4, 0.5) is 0 Å². The fraction of sp³-hybridized carbons (Fsp3) is 0.556. The molecule has 5 nitrogen and oxygen atoms in total. The standard InChI is InChI=1S/C27H36Cl2N2O3/c28-25-9-8-24(19-26(25)29)34-21-27(32)10-15-31(16-11-27)20-22-6-4-7-23(18-22)33-17-5-14-30-12-2-1-3-13-30/h4,6-9,18-19,32H,1-3,5,10-17,20-21H2. The number of benzene rings is 2. The third-order valence-electron chi connectivity index (χ3n) is 6.83. The van der Waals surface area contributed by atoms with Crippen molar-refractivity contribution in [2.75, 3.05) is 45.9 Å². The van der Waals surface area contributed by atoms with Gasteiger partial charge in [-0.05, 0) is 75.0 Å². The Bertz CT molecular complexity index is 912. The molecular formula is C27H36Cl2N2O3. The Morgan fingerprint density at radius 2 is 1.59 bits per heavy atom. The summed E-state index contributed by atoms with van der Waals surface area (Å²) in [4.78, 5) is 4.93. The van der Waals surface area contributed by atoms with Gasteiger partial charge in [-0.2, -0.15) is 0 Å². The van der Waals surface area contributed by atoms with Gasteiger partial charge in [-0.1, -0.05) is 41.8 Å². The van der Waals surface area contributed by atoms with Crippen molar-refractivity contribution in [2.45, 2.75) is 50.7 Å². The van der Waals surface area contributed by atoms with Gasteiger partial charge in [-0.25, -0.2) is 0 Å². The van der Waals surface area contributed by atoms with Crippen LogP contribution in [0.1, 0.15) is 44.1 Å². The molecule has 2 fully saturated rings. The first-order valence-electron chi connectivity index (χ1n) is 12.5. The van der Waals surface area contributed by atoms with Crippen LogP contribution in [0.15, 0.2) is 42.5 Å². The topological polar surface area (TPSA) is 45.2 Å². The van der Waals surface area contributed by atoms with Gasteiger partial charge in [0, 0.05) is 32.2 Å². The molecule has 0 aliphatic carbocycles. The van der Waals surface area contributed by atoms with E-state index in [1.807, 2.05) is 6.07 Å². The second kappa shape index (κ2) is 12.5. The van der Waals surface area contributed by atoms with E-state index in [0.717, 1.165) is 45.0 Å². The van der Waals surface area contributed by atoms with Gasteiger partial charge in [0.15, 0.2) is 0 Å². The zero-order chi connectivity index (χ0) is 23.8. The van der Waals surface area contributed by atoms with Gasteiger partial charge in [-0.15, -0.1) is 0 Å².